The molecule has 1 aliphatic rings. The van der Waals surface area contributed by atoms with E-state index in [-0.39, 0.29) is 21.2 Å². The summed E-state index contributed by atoms with van der Waals surface area (Å²) in [6.07, 6.45) is -4.85. The van der Waals surface area contributed by atoms with Crippen LogP contribution >= 0.6 is 11.6 Å². The first-order chi connectivity index (χ1) is 11.0. The second kappa shape index (κ2) is 7.19. The Morgan fingerprint density at radius 1 is 1.17 bits per heavy atom. The molecule has 1 heterocycles. The molecule has 1 aliphatic heterocycles. The highest BCUT2D eigenvalue weighted by Gasteiger charge is 2.36. The molecule has 3 nitrogen and oxygen atoms in total. The Balaban J connectivity index is 0.000000202. The van der Waals surface area contributed by atoms with Gasteiger partial charge in [-0.25, -0.2) is 0 Å². The van der Waals surface area contributed by atoms with E-state index in [1.54, 1.807) is 0 Å². The average Bonchev–Trinajstić information content (AvgIpc) is 2.76. The molecule has 9 heteroatoms. The van der Waals surface area contributed by atoms with Crippen LogP contribution in [0.25, 0.3) is 11.1 Å². The third-order valence-electron chi connectivity index (χ3n) is 2.99. The van der Waals surface area contributed by atoms with E-state index in [1.165, 1.54) is 23.8 Å². The fraction of sp³-hybridized carbons (Fsp3) is 0.200. The molecule has 0 amide bonds. The van der Waals surface area contributed by atoms with Gasteiger partial charge in [-0.3, -0.25) is 4.55 Å². The van der Waals surface area contributed by atoms with Gasteiger partial charge in [-0.05, 0) is 30.7 Å². The fourth-order valence-electron chi connectivity index (χ4n) is 2.15. The van der Waals surface area contributed by atoms with Gasteiger partial charge in [-0.15, -0.1) is 0 Å². The Bertz CT molecular complexity index is 867. The van der Waals surface area contributed by atoms with Crippen LogP contribution in [0, 0.1) is 14.1 Å². The first-order valence-electron chi connectivity index (χ1n) is 6.53. The molecule has 0 saturated carbocycles. The lowest BCUT2D eigenvalue weighted by atomic mass is 10.0. The zero-order chi connectivity index (χ0) is 18.1. The third kappa shape index (κ3) is 5.08. The molecule has 0 saturated heterocycles. The number of benzene rings is 2. The highest BCUT2D eigenvalue weighted by molar-refractivity contribution is 7.85. The predicted molar refractivity (Wildman–Crippen MR) is 81.5 cm³/mol. The van der Waals surface area contributed by atoms with E-state index in [4.69, 9.17) is 16.2 Å². The van der Waals surface area contributed by atoms with Crippen LogP contribution in [0.4, 0.5) is 13.2 Å². The van der Waals surface area contributed by atoms with E-state index in [0.29, 0.717) is 0 Å². The van der Waals surface area contributed by atoms with E-state index in [1.807, 2.05) is 12.1 Å². The van der Waals surface area contributed by atoms with Crippen molar-refractivity contribution in [1.29, 1.82) is 0 Å². The minimum atomic E-state index is -4.91. The van der Waals surface area contributed by atoms with E-state index < -0.39 is 22.0 Å². The van der Waals surface area contributed by atoms with E-state index in [0.717, 1.165) is 5.02 Å². The maximum Gasteiger partial charge on any atom is 0.405 e. The summed E-state index contributed by atoms with van der Waals surface area (Å²) in [5.41, 5.74) is 4.17. The molecule has 0 aromatic heterocycles. The Kier molecular flexibility index (Phi) is 5.83. The SMILES string of the molecule is Cc1cccc2c1-c1cccc(Cl)c1[I+]2.O=S(=O)(O)CC(F)(F)F. The molecule has 2 aromatic rings. The molecule has 0 aliphatic carbocycles. The summed E-state index contributed by atoms with van der Waals surface area (Å²) in [7, 11) is -4.91. The summed E-state index contributed by atoms with van der Waals surface area (Å²) in [5.74, 6) is -2.18. The van der Waals surface area contributed by atoms with Crippen molar-refractivity contribution >= 4 is 21.7 Å². The molecule has 0 unspecified atom stereocenters. The van der Waals surface area contributed by atoms with E-state index in [2.05, 4.69) is 31.2 Å². The number of hydrogen-bond acceptors (Lipinski definition) is 2. The van der Waals surface area contributed by atoms with Gasteiger partial charge >= 0.3 is 27.4 Å². The first kappa shape index (κ1) is 19.5. The zero-order valence-electron chi connectivity index (χ0n) is 12.2. The Labute approximate surface area is 152 Å². The Morgan fingerprint density at radius 3 is 2.33 bits per heavy atom. The van der Waals surface area contributed by atoms with Gasteiger partial charge in [0, 0.05) is 11.1 Å². The summed E-state index contributed by atoms with van der Waals surface area (Å²) >= 11 is 6.17. The number of hydrogen-bond donors (Lipinski definition) is 1. The van der Waals surface area contributed by atoms with Gasteiger partial charge in [0.2, 0.25) is 7.14 Å². The molecule has 24 heavy (non-hydrogen) atoms. The van der Waals surface area contributed by atoms with Crippen molar-refractivity contribution in [1.82, 2.24) is 0 Å². The number of alkyl halides is 3. The molecule has 1 N–H and O–H groups in total. The number of fused-ring (bicyclic) bond motifs is 3. The monoisotopic (exact) mass is 491 g/mol. The molecular weight excluding hydrogens is 480 g/mol. The van der Waals surface area contributed by atoms with E-state index >= 15 is 0 Å². The van der Waals surface area contributed by atoms with Gasteiger partial charge < -0.3 is 0 Å². The van der Waals surface area contributed by atoms with Crippen molar-refractivity contribution in [3.8, 4) is 11.1 Å². The van der Waals surface area contributed by atoms with Crippen LogP contribution in [-0.2, 0) is 10.1 Å². The van der Waals surface area contributed by atoms with Crippen molar-refractivity contribution in [3.63, 3.8) is 0 Å². The summed E-state index contributed by atoms with van der Waals surface area (Å²) < 4.78 is 62.5. The number of halogens is 5. The molecule has 0 bridgehead atoms. The van der Waals surface area contributed by atoms with Gasteiger partial charge in [0.15, 0.2) is 5.75 Å². The van der Waals surface area contributed by atoms with Crippen LogP contribution in [0.15, 0.2) is 36.4 Å². The lowest BCUT2D eigenvalue weighted by Crippen LogP contribution is -3.61. The minimum Gasteiger partial charge on any atom is -0.285 e. The highest BCUT2D eigenvalue weighted by Crippen LogP contribution is 2.28. The van der Waals surface area contributed by atoms with Gasteiger partial charge in [0.05, 0.1) is 5.02 Å². The minimum absolute atomic E-state index is 0.0677. The summed E-state index contributed by atoms with van der Waals surface area (Å²) in [6, 6.07) is 12.8. The molecule has 0 spiro atoms. The number of aryl methyl sites for hydroxylation is 1. The van der Waals surface area contributed by atoms with Crippen molar-refractivity contribution < 1.29 is 47.3 Å². The topological polar surface area (TPSA) is 54.4 Å². The zero-order valence-corrected chi connectivity index (χ0v) is 16.0. The lowest BCUT2D eigenvalue weighted by molar-refractivity contribution is -0.589. The molecule has 0 atom stereocenters. The van der Waals surface area contributed by atoms with Gasteiger partial charge in [-0.1, -0.05) is 29.8 Å². The molecule has 2 aromatic carbocycles. The van der Waals surface area contributed by atoms with Crippen LogP contribution in [0.2, 0.25) is 5.02 Å². The van der Waals surface area contributed by atoms with Gasteiger partial charge in [0.1, 0.15) is 0 Å². The van der Waals surface area contributed by atoms with Crippen LogP contribution in [0.5, 0.6) is 0 Å². The van der Waals surface area contributed by atoms with Crippen LogP contribution in [0.3, 0.4) is 0 Å². The van der Waals surface area contributed by atoms with Crippen molar-refractivity contribution in [2.45, 2.75) is 13.1 Å². The van der Waals surface area contributed by atoms with Crippen molar-refractivity contribution in [2.75, 3.05) is 5.75 Å². The molecule has 0 fully saturated rings. The molecule has 130 valence electrons. The van der Waals surface area contributed by atoms with Crippen molar-refractivity contribution in [2.24, 2.45) is 0 Å². The Morgan fingerprint density at radius 2 is 1.79 bits per heavy atom. The van der Waals surface area contributed by atoms with Crippen LogP contribution in [-0.4, -0.2) is 24.9 Å². The normalized spacial score (nSPS) is 12.9. The quantitative estimate of drug-likeness (QED) is 0.411. The summed E-state index contributed by atoms with van der Waals surface area (Å²) in [5, 5.41) is 0.941. The van der Waals surface area contributed by atoms with Gasteiger partial charge in [0.25, 0.3) is 10.1 Å². The third-order valence-corrected chi connectivity index (χ3v) is 7.49. The lowest BCUT2D eigenvalue weighted by Gasteiger charge is -2.00. The maximum absolute atomic E-state index is 11.0. The van der Waals surface area contributed by atoms with Crippen LogP contribution in [0.1, 0.15) is 5.56 Å². The summed E-state index contributed by atoms with van der Waals surface area (Å²) in [4.78, 5) is 0. The molecule has 0 radical (unpaired) electrons. The van der Waals surface area contributed by atoms with Gasteiger partial charge in [-0.2, -0.15) is 21.6 Å². The fourth-order valence-corrected chi connectivity index (χ4v) is 6.11. The average molecular weight is 492 g/mol. The Hall–Kier alpha value is -0.840. The molecular formula is C15H12ClF3IO3S+. The summed E-state index contributed by atoms with van der Waals surface area (Å²) in [6.45, 7) is 2.18. The number of rotatable bonds is 1. The highest BCUT2D eigenvalue weighted by atomic mass is 127. The second-order valence-electron chi connectivity index (χ2n) is 4.97. The van der Waals surface area contributed by atoms with Crippen LogP contribution < -0.4 is 21.2 Å². The van der Waals surface area contributed by atoms with Crippen molar-refractivity contribution in [3.05, 3.63) is 54.1 Å². The predicted octanol–water partition coefficient (Wildman–Crippen LogP) is 1.19. The standard InChI is InChI=1S/C13H9ClI.C2H3F3O3S/c1-8-4-2-7-11-12(8)9-5-3-6-10(14)13(9)15-11;3-2(4,5)1-9(6,7)8/h2-7H,1H3;1H2,(H,6,7,8)/q+1;. The molecule has 3 rings (SSSR count). The maximum atomic E-state index is 11.0. The second-order valence-corrected chi connectivity index (χ2v) is 9.61. The first-order valence-corrected chi connectivity index (χ1v) is 10.7. The smallest absolute Gasteiger partial charge is 0.285 e. The largest absolute Gasteiger partial charge is 0.405 e. The van der Waals surface area contributed by atoms with E-state index in [9.17, 15) is 21.6 Å².